The highest BCUT2D eigenvalue weighted by Crippen LogP contribution is 2.35. The first-order valence-corrected chi connectivity index (χ1v) is 10.1. The Kier molecular flexibility index (Phi) is 4.43. The number of benzene rings is 2. The van der Waals surface area contributed by atoms with Crippen LogP contribution in [0.5, 0.6) is 11.5 Å². The molecule has 0 spiro atoms. The second-order valence-corrected chi connectivity index (χ2v) is 7.90. The predicted octanol–water partition coefficient (Wildman–Crippen LogP) is 3.42. The summed E-state index contributed by atoms with van der Waals surface area (Å²) in [6.45, 7) is 7.25. The molecule has 1 aromatic heterocycles. The number of anilines is 1. The minimum atomic E-state index is -0.328. The summed E-state index contributed by atoms with van der Waals surface area (Å²) in [5, 5.41) is 5.00. The van der Waals surface area contributed by atoms with E-state index in [1.165, 1.54) is 0 Å². The SMILES string of the molecule is C[C@@H]1CN(c2ccc3cc(-c4ccc5c(c4)OCCO5)oc(=O)c3c2)C[C@H](C)N1. The monoisotopic (exact) mass is 392 g/mol. The first-order chi connectivity index (χ1) is 14.1. The van der Waals surface area contributed by atoms with E-state index in [9.17, 15) is 4.79 Å². The van der Waals surface area contributed by atoms with Gasteiger partial charge >= 0.3 is 5.63 Å². The Balaban J connectivity index is 1.51. The van der Waals surface area contributed by atoms with Gasteiger partial charge in [-0.05, 0) is 55.6 Å². The lowest BCUT2D eigenvalue weighted by Crippen LogP contribution is -2.54. The number of hydrogen-bond donors (Lipinski definition) is 1. The minimum Gasteiger partial charge on any atom is -0.486 e. The fraction of sp³-hybridized carbons (Fsp3) is 0.348. The van der Waals surface area contributed by atoms with Crippen molar-refractivity contribution in [3.63, 3.8) is 0 Å². The lowest BCUT2D eigenvalue weighted by atomic mass is 10.1. The number of nitrogens with zero attached hydrogens (tertiary/aromatic N) is 1. The standard InChI is InChI=1S/C23H24N2O4/c1-14-12-25(13-15(2)24-14)18-5-3-16-9-21(29-23(26)19(16)11-18)17-4-6-20-22(10-17)28-8-7-27-20/h3-6,9-11,14-15,24H,7-8,12-13H2,1-2H3/t14-,15+. The molecule has 3 heterocycles. The molecule has 0 unspecified atom stereocenters. The van der Waals surface area contributed by atoms with Gasteiger partial charge in [-0.15, -0.1) is 0 Å². The molecule has 2 aromatic carbocycles. The fourth-order valence-corrected chi connectivity index (χ4v) is 4.25. The lowest BCUT2D eigenvalue weighted by molar-refractivity contribution is 0.171. The number of rotatable bonds is 2. The maximum absolute atomic E-state index is 12.8. The molecule has 2 atom stereocenters. The van der Waals surface area contributed by atoms with Gasteiger partial charge in [0.25, 0.3) is 0 Å². The molecule has 29 heavy (non-hydrogen) atoms. The molecule has 1 fully saturated rings. The van der Waals surface area contributed by atoms with Crippen molar-refractivity contribution >= 4 is 16.5 Å². The van der Waals surface area contributed by atoms with Crippen molar-refractivity contribution in [1.29, 1.82) is 0 Å². The molecule has 2 aliphatic heterocycles. The van der Waals surface area contributed by atoms with Gasteiger partial charge in [-0.3, -0.25) is 0 Å². The Morgan fingerprint density at radius 2 is 1.69 bits per heavy atom. The zero-order valence-corrected chi connectivity index (χ0v) is 16.6. The molecule has 0 radical (unpaired) electrons. The van der Waals surface area contributed by atoms with E-state index in [0.717, 1.165) is 29.7 Å². The predicted molar refractivity (Wildman–Crippen MR) is 113 cm³/mol. The van der Waals surface area contributed by atoms with Crippen molar-refractivity contribution < 1.29 is 13.9 Å². The van der Waals surface area contributed by atoms with Crippen LogP contribution < -0.4 is 25.3 Å². The Hall–Kier alpha value is -2.99. The highest BCUT2D eigenvalue weighted by Gasteiger charge is 2.22. The number of hydrogen-bond acceptors (Lipinski definition) is 6. The third-order valence-corrected chi connectivity index (χ3v) is 5.50. The second kappa shape index (κ2) is 7.12. The maximum atomic E-state index is 12.8. The van der Waals surface area contributed by atoms with Crippen molar-refractivity contribution in [2.24, 2.45) is 0 Å². The van der Waals surface area contributed by atoms with E-state index < -0.39 is 0 Å². The minimum absolute atomic E-state index is 0.328. The average molecular weight is 392 g/mol. The van der Waals surface area contributed by atoms with Crippen molar-refractivity contribution in [3.8, 4) is 22.8 Å². The molecule has 0 bridgehead atoms. The third-order valence-electron chi connectivity index (χ3n) is 5.50. The summed E-state index contributed by atoms with van der Waals surface area (Å²) in [6.07, 6.45) is 0. The van der Waals surface area contributed by atoms with Crippen LogP contribution in [0, 0.1) is 0 Å². The Morgan fingerprint density at radius 1 is 0.931 bits per heavy atom. The van der Waals surface area contributed by atoms with E-state index in [4.69, 9.17) is 13.9 Å². The zero-order chi connectivity index (χ0) is 20.0. The molecule has 150 valence electrons. The van der Waals surface area contributed by atoms with Gasteiger partial charge in [-0.25, -0.2) is 4.79 Å². The highest BCUT2D eigenvalue weighted by molar-refractivity contribution is 5.87. The van der Waals surface area contributed by atoms with Crippen molar-refractivity contribution in [2.75, 3.05) is 31.2 Å². The Labute approximate surface area is 169 Å². The quantitative estimate of drug-likeness (QED) is 0.721. The van der Waals surface area contributed by atoms with Gasteiger partial charge in [0, 0.05) is 36.4 Å². The molecule has 0 amide bonds. The van der Waals surface area contributed by atoms with Gasteiger partial charge in [0.2, 0.25) is 0 Å². The molecule has 0 aliphatic carbocycles. The van der Waals surface area contributed by atoms with Gasteiger partial charge in [0.05, 0.1) is 5.39 Å². The van der Waals surface area contributed by atoms with E-state index in [0.29, 0.717) is 47.9 Å². The van der Waals surface area contributed by atoms with Crippen molar-refractivity contribution in [1.82, 2.24) is 5.32 Å². The van der Waals surface area contributed by atoms with Gasteiger partial charge in [-0.1, -0.05) is 6.07 Å². The summed E-state index contributed by atoms with van der Waals surface area (Å²) in [5.74, 6) is 1.91. The van der Waals surface area contributed by atoms with E-state index in [1.807, 2.05) is 36.4 Å². The first kappa shape index (κ1) is 18.1. The number of fused-ring (bicyclic) bond motifs is 2. The molecule has 0 saturated carbocycles. The topological polar surface area (TPSA) is 63.9 Å². The molecular weight excluding hydrogens is 368 g/mol. The van der Waals surface area contributed by atoms with Crippen LogP contribution in [-0.4, -0.2) is 38.4 Å². The van der Waals surface area contributed by atoms with Gasteiger partial charge < -0.3 is 24.1 Å². The van der Waals surface area contributed by atoms with Crippen LogP contribution in [0.3, 0.4) is 0 Å². The number of nitrogens with one attached hydrogen (secondary N) is 1. The number of piperazine rings is 1. The molecule has 6 heteroatoms. The van der Waals surface area contributed by atoms with Gasteiger partial charge in [-0.2, -0.15) is 0 Å². The van der Waals surface area contributed by atoms with E-state index in [1.54, 1.807) is 0 Å². The van der Waals surface area contributed by atoms with Crippen LogP contribution in [0.25, 0.3) is 22.1 Å². The van der Waals surface area contributed by atoms with E-state index >= 15 is 0 Å². The molecule has 1 saturated heterocycles. The normalized spacial score (nSPS) is 21.4. The molecule has 6 nitrogen and oxygen atoms in total. The summed E-state index contributed by atoms with van der Waals surface area (Å²) in [7, 11) is 0. The molecule has 1 N–H and O–H groups in total. The molecule has 2 aliphatic rings. The van der Waals surface area contributed by atoms with Crippen molar-refractivity contribution in [2.45, 2.75) is 25.9 Å². The van der Waals surface area contributed by atoms with E-state index in [-0.39, 0.29) is 5.63 Å². The van der Waals surface area contributed by atoms with Crippen molar-refractivity contribution in [3.05, 3.63) is 52.9 Å². The summed E-state index contributed by atoms with van der Waals surface area (Å²) < 4.78 is 16.9. The average Bonchev–Trinajstić information content (AvgIpc) is 2.72. The molecular formula is C23H24N2O4. The number of ether oxygens (including phenoxy) is 2. The van der Waals surface area contributed by atoms with Gasteiger partial charge in [0.15, 0.2) is 11.5 Å². The van der Waals surface area contributed by atoms with Crippen LogP contribution >= 0.6 is 0 Å². The summed E-state index contributed by atoms with van der Waals surface area (Å²) in [5.41, 5.74) is 1.52. The molecule has 5 rings (SSSR count). The zero-order valence-electron chi connectivity index (χ0n) is 16.6. The van der Waals surface area contributed by atoms with Crippen LogP contribution in [0.1, 0.15) is 13.8 Å². The van der Waals surface area contributed by atoms with Gasteiger partial charge in [0.1, 0.15) is 19.0 Å². The molecule has 3 aromatic rings. The third kappa shape index (κ3) is 3.44. The first-order valence-electron chi connectivity index (χ1n) is 10.1. The second-order valence-electron chi connectivity index (χ2n) is 7.90. The smallest absolute Gasteiger partial charge is 0.344 e. The summed E-state index contributed by atoms with van der Waals surface area (Å²) in [4.78, 5) is 15.1. The van der Waals surface area contributed by atoms with Crippen LogP contribution in [-0.2, 0) is 0 Å². The lowest BCUT2D eigenvalue weighted by Gasteiger charge is -2.37. The highest BCUT2D eigenvalue weighted by atomic mass is 16.6. The Bertz CT molecular complexity index is 1110. The van der Waals surface area contributed by atoms with Crippen LogP contribution in [0.4, 0.5) is 5.69 Å². The van der Waals surface area contributed by atoms with Crippen LogP contribution in [0.2, 0.25) is 0 Å². The van der Waals surface area contributed by atoms with E-state index in [2.05, 4.69) is 30.1 Å². The maximum Gasteiger partial charge on any atom is 0.344 e. The summed E-state index contributed by atoms with van der Waals surface area (Å²) >= 11 is 0. The summed E-state index contributed by atoms with van der Waals surface area (Å²) in [6, 6.07) is 14.3. The fourth-order valence-electron chi connectivity index (χ4n) is 4.25. The largest absolute Gasteiger partial charge is 0.486 e. The Morgan fingerprint density at radius 3 is 2.48 bits per heavy atom. The van der Waals surface area contributed by atoms with Crippen LogP contribution in [0.15, 0.2) is 51.7 Å².